The molecule has 0 aromatic carbocycles. The molecule has 2 aliphatic rings. The summed E-state index contributed by atoms with van der Waals surface area (Å²) in [6.45, 7) is 4.17. The summed E-state index contributed by atoms with van der Waals surface area (Å²) < 4.78 is 15.4. The van der Waals surface area contributed by atoms with Crippen molar-refractivity contribution < 1.29 is 4.39 Å². The molecular formula is C21H29FN8. The summed E-state index contributed by atoms with van der Waals surface area (Å²) in [6.07, 6.45) is 8.49. The Hall–Kier alpha value is -2.73. The van der Waals surface area contributed by atoms with E-state index in [-0.39, 0.29) is 5.54 Å². The first kappa shape index (κ1) is 20.5. The molecule has 2 unspecified atom stereocenters. The fourth-order valence-corrected chi connectivity index (χ4v) is 4.47. The van der Waals surface area contributed by atoms with E-state index in [0.717, 1.165) is 36.5 Å². The molecule has 3 heterocycles. The second-order valence-corrected chi connectivity index (χ2v) is 8.71. The van der Waals surface area contributed by atoms with Crippen LogP contribution in [0.3, 0.4) is 0 Å². The minimum atomic E-state index is -0.676. The van der Waals surface area contributed by atoms with Crippen LogP contribution in [0.25, 0.3) is 0 Å². The zero-order chi connectivity index (χ0) is 21.1. The minimum absolute atomic E-state index is 0.258. The molecule has 2 fully saturated rings. The standard InChI is InChI=1S/C21H29FN8/c1-15-9-24-20(27-18-11-26-29(2)12-18)28-19(15)30-13-21(14-30,6-7-23)25-10-16-4-3-5-17(22)8-16/h9,11-12,16-17,25H,3-6,8,10,13-14H2,1-2H3,(H,24,27,28). The maximum absolute atomic E-state index is 13.7. The molecule has 2 aromatic heterocycles. The van der Waals surface area contributed by atoms with Gasteiger partial charge in [-0.05, 0) is 38.6 Å². The molecule has 4 rings (SSSR count). The first-order chi connectivity index (χ1) is 14.5. The van der Waals surface area contributed by atoms with Crippen molar-refractivity contribution in [3.05, 3.63) is 24.2 Å². The summed E-state index contributed by atoms with van der Waals surface area (Å²) in [5, 5.41) is 20.3. The van der Waals surface area contributed by atoms with Crippen molar-refractivity contribution in [3.8, 4) is 6.07 Å². The molecule has 0 spiro atoms. The Morgan fingerprint density at radius 2 is 2.17 bits per heavy atom. The second kappa shape index (κ2) is 8.56. The average molecular weight is 413 g/mol. The Bertz CT molecular complexity index is 914. The number of anilines is 3. The zero-order valence-electron chi connectivity index (χ0n) is 17.6. The number of nitrogens with zero attached hydrogens (tertiary/aromatic N) is 6. The molecule has 2 atom stereocenters. The van der Waals surface area contributed by atoms with Gasteiger partial charge in [-0.1, -0.05) is 6.42 Å². The van der Waals surface area contributed by atoms with Gasteiger partial charge in [0.05, 0.1) is 29.9 Å². The Labute approximate surface area is 176 Å². The van der Waals surface area contributed by atoms with E-state index < -0.39 is 6.17 Å². The van der Waals surface area contributed by atoms with Crippen molar-refractivity contribution in [1.29, 1.82) is 5.26 Å². The molecule has 8 nitrogen and oxygen atoms in total. The third-order valence-electron chi connectivity index (χ3n) is 6.09. The molecule has 2 aromatic rings. The van der Waals surface area contributed by atoms with Crippen LogP contribution in [-0.2, 0) is 7.05 Å². The van der Waals surface area contributed by atoms with Crippen molar-refractivity contribution >= 4 is 17.5 Å². The highest BCUT2D eigenvalue weighted by atomic mass is 19.1. The van der Waals surface area contributed by atoms with Crippen molar-refractivity contribution in [2.45, 2.75) is 50.7 Å². The number of aryl methyl sites for hydroxylation is 2. The molecule has 9 heteroatoms. The van der Waals surface area contributed by atoms with E-state index in [1.807, 2.05) is 26.4 Å². The third kappa shape index (κ3) is 4.54. The maximum atomic E-state index is 13.7. The molecular weight excluding hydrogens is 383 g/mol. The summed E-state index contributed by atoms with van der Waals surface area (Å²) in [5.41, 5.74) is 1.56. The Morgan fingerprint density at radius 3 is 2.87 bits per heavy atom. The van der Waals surface area contributed by atoms with Crippen LogP contribution in [-0.4, -0.2) is 51.1 Å². The van der Waals surface area contributed by atoms with Gasteiger partial charge in [0.1, 0.15) is 12.0 Å². The number of hydrogen-bond donors (Lipinski definition) is 2. The van der Waals surface area contributed by atoms with Crippen molar-refractivity contribution in [1.82, 2.24) is 25.1 Å². The van der Waals surface area contributed by atoms with Gasteiger partial charge in [-0.15, -0.1) is 0 Å². The molecule has 2 N–H and O–H groups in total. The summed E-state index contributed by atoms with van der Waals surface area (Å²) in [5.74, 6) is 1.74. The molecule has 0 amide bonds. The number of halogens is 1. The first-order valence-electron chi connectivity index (χ1n) is 10.6. The molecule has 1 saturated carbocycles. The van der Waals surface area contributed by atoms with E-state index in [4.69, 9.17) is 4.98 Å². The lowest BCUT2D eigenvalue weighted by Gasteiger charge is -2.51. The number of hydrogen-bond acceptors (Lipinski definition) is 7. The van der Waals surface area contributed by atoms with Gasteiger partial charge in [-0.2, -0.15) is 15.3 Å². The van der Waals surface area contributed by atoms with E-state index in [1.54, 1.807) is 10.9 Å². The van der Waals surface area contributed by atoms with Crippen molar-refractivity contribution in [2.24, 2.45) is 13.0 Å². The van der Waals surface area contributed by atoms with E-state index >= 15 is 0 Å². The van der Waals surface area contributed by atoms with Crippen molar-refractivity contribution in [2.75, 3.05) is 29.9 Å². The van der Waals surface area contributed by atoms with Gasteiger partial charge >= 0.3 is 0 Å². The third-order valence-corrected chi connectivity index (χ3v) is 6.09. The SMILES string of the molecule is Cc1cnc(Nc2cnn(C)c2)nc1N1CC(CC#N)(NCC2CCCC(F)C2)C1. The summed E-state index contributed by atoms with van der Waals surface area (Å²) in [7, 11) is 1.86. The normalized spacial score (nSPS) is 22.9. The first-order valence-corrected chi connectivity index (χ1v) is 10.6. The molecule has 30 heavy (non-hydrogen) atoms. The quantitative estimate of drug-likeness (QED) is 0.722. The van der Waals surface area contributed by atoms with Gasteiger partial charge in [-0.3, -0.25) is 4.68 Å². The monoisotopic (exact) mass is 412 g/mol. The number of nitrogens with one attached hydrogen (secondary N) is 2. The van der Waals surface area contributed by atoms with Crippen LogP contribution in [0.4, 0.5) is 21.8 Å². The molecule has 1 aliphatic carbocycles. The van der Waals surface area contributed by atoms with E-state index in [9.17, 15) is 9.65 Å². The lowest BCUT2D eigenvalue weighted by molar-refractivity contribution is 0.173. The maximum Gasteiger partial charge on any atom is 0.229 e. The highest BCUT2D eigenvalue weighted by Crippen LogP contribution is 2.33. The lowest BCUT2D eigenvalue weighted by atomic mass is 9.83. The van der Waals surface area contributed by atoms with E-state index in [1.165, 1.54) is 0 Å². The average Bonchev–Trinajstić information content (AvgIpc) is 3.10. The fourth-order valence-electron chi connectivity index (χ4n) is 4.47. The number of rotatable bonds is 7. The highest BCUT2D eigenvalue weighted by molar-refractivity contribution is 5.57. The molecule has 0 radical (unpaired) electrons. The van der Waals surface area contributed by atoms with E-state index in [2.05, 4.69) is 31.7 Å². The predicted octanol–water partition coefficient (Wildman–Crippen LogP) is 2.85. The number of aromatic nitrogens is 4. The van der Waals surface area contributed by atoms with Crippen LogP contribution in [0.1, 0.15) is 37.7 Å². The fraction of sp³-hybridized carbons (Fsp3) is 0.619. The van der Waals surface area contributed by atoms with Gasteiger partial charge < -0.3 is 15.5 Å². The Kier molecular flexibility index (Phi) is 5.86. The van der Waals surface area contributed by atoms with Gasteiger partial charge in [0.15, 0.2) is 0 Å². The molecule has 0 bridgehead atoms. The second-order valence-electron chi connectivity index (χ2n) is 8.71. The smallest absolute Gasteiger partial charge is 0.229 e. The van der Waals surface area contributed by atoms with Crippen LogP contribution in [0.2, 0.25) is 0 Å². The van der Waals surface area contributed by atoms with Crippen LogP contribution in [0.15, 0.2) is 18.6 Å². The van der Waals surface area contributed by atoms with Crippen LogP contribution < -0.4 is 15.5 Å². The molecule has 1 aliphatic heterocycles. The van der Waals surface area contributed by atoms with Crippen LogP contribution >= 0.6 is 0 Å². The summed E-state index contributed by atoms with van der Waals surface area (Å²) >= 11 is 0. The molecule has 1 saturated heterocycles. The highest BCUT2D eigenvalue weighted by Gasteiger charge is 2.44. The summed E-state index contributed by atoms with van der Waals surface area (Å²) in [6, 6.07) is 2.32. The van der Waals surface area contributed by atoms with Gasteiger partial charge in [0.25, 0.3) is 0 Å². The Morgan fingerprint density at radius 1 is 1.33 bits per heavy atom. The number of alkyl halides is 1. The zero-order valence-corrected chi connectivity index (χ0v) is 17.6. The minimum Gasteiger partial charge on any atom is -0.352 e. The lowest BCUT2D eigenvalue weighted by Crippen LogP contribution is -2.70. The van der Waals surface area contributed by atoms with Gasteiger partial charge in [-0.25, -0.2) is 9.37 Å². The largest absolute Gasteiger partial charge is 0.352 e. The van der Waals surface area contributed by atoms with Gasteiger partial charge in [0.2, 0.25) is 5.95 Å². The van der Waals surface area contributed by atoms with Crippen LogP contribution in [0.5, 0.6) is 0 Å². The summed E-state index contributed by atoms with van der Waals surface area (Å²) in [4.78, 5) is 11.2. The number of nitriles is 1. The van der Waals surface area contributed by atoms with Crippen molar-refractivity contribution in [3.63, 3.8) is 0 Å². The van der Waals surface area contributed by atoms with Gasteiger partial charge in [0, 0.05) is 38.1 Å². The van der Waals surface area contributed by atoms with Crippen LogP contribution in [0, 0.1) is 24.2 Å². The van der Waals surface area contributed by atoms with E-state index in [0.29, 0.717) is 44.2 Å². The molecule has 160 valence electrons. The predicted molar refractivity (Wildman–Crippen MR) is 113 cm³/mol. The Balaban J connectivity index is 1.40. The topological polar surface area (TPSA) is 94.7 Å².